The standard InChI is InChI=1S/C22H28N4O4S/c1-14(7-8-22(2,3)4)18(20(28)29)26-12-17(27)25(21(26)30)11-16-13-31-19(24-16)15-6-5-9-23-10-15/h5-6,9-10,13-14,18H,7-8,11-12H2,1-4H3,(H,28,29)/t14-,18-/m0/s1. The van der Waals surface area contributed by atoms with Crippen LogP contribution in [0.15, 0.2) is 29.9 Å². The van der Waals surface area contributed by atoms with Crippen LogP contribution in [0, 0.1) is 11.3 Å². The molecule has 0 aliphatic carbocycles. The molecule has 2 aromatic rings. The van der Waals surface area contributed by atoms with Crippen molar-refractivity contribution < 1.29 is 19.5 Å². The highest BCUT2D eigenvalue weighted by Crippen LogP contribution is 2.29. The summed E-state index contributed by atoms with van der Waals surface area (Å²) in [6, 6.07) is 2.09. The van der Waals surface area contributed by atoms with Crippen LogP contribution in [0.25, 0.3) is 10.6 Å². The van der Waals surface area contributed by atoms with Crippen molar-refractivity contribution in [3.63, 3.8) is 0 Å². The van der Waals surface area contributed by atoms with E-state index in [0.717, 1.165) is 21.9 Å². The van der Waals surface area contributed by atoms with Crippen molar-refractivity contribution in [1.82, 2.24) is 19.8 Å². The number of nitrogens with zero attached hydrogens (tertiary/aromatic N) is 4. The van der Waals surface area contributed by atoms with Gasteiger partial charge in [-0.2, -0.15) is 0 Å². The van der Waals surface area contributed by atoms with Gasteiger partial charge in [0.2, 0.25) is 0 Å². The van der Waals surface area contributed by atoms with Gasteiger partial charge in [-0.05, 0) is 36.3 Å². The lowest BCUT2D eigenvalue weighted by Crippen LogP contribution is -2.47. The summed E-state index contributed by atoms with van der Waals surface area (Å²) in [6.45, 7) is 7.90. The monoisotopic (exact) mass is 444 g/mol. The van der Waals surface area contributed by atoms with E-state index in [1.807, 2.05) is 19.1 Å². The molecule has 2 atom stereocenters. The van der Waals surface area contributed by atoms with Crippen LogP contribution in [-0.2, 0) is 16.1 Å². The fraction of sp³-hybridized carbons (Fsp3) is 0.500. The number of urea groups is 1. The average Bonchev–Trinajstić information content (AvgIpc) is 3.27. The summed E-state index contributed by atoms with van der Waals surface area (Å²) in [7, 11) is 0. The molecule has 3 heterocycles. The van der Waals surface area contributed by atoms with Crippen LogP contribution in [0.3, 0.4) is 0 Å². The Hall–Kier alpha value is -2.81. The summed E-state index contributed by atoms with van der Waals surface area (Å²) < 4.78 is 0. The summed E-state index contributed by atoms with van der Waals surface area (Å²) in [6.07, 6.45) is 4.86. The minimum atomic E-state index is -1.09. The second kappa shape index (κ2) is 9.13. The molecule has 1 aliphatic heterocycles. The third-order valence-corrected chi connectivity index (χ3v) is 6.28. The van der Waals surface area contributed by atoms with Crippen LogP contribution in [-0.4, -0.2) is 55.4 Å². The van der Waals surface area contributed by atoms with Gasteiger partial charge in [0.25, 0.3) is 5.91 Å². The van der Waals surface area contributed by atoms with Crippen molar-refractivity contribution in [1.29, 1.82) is 0 Å². The van der Waals surface area contributed by atoms with Gasteiger partial charge >= 0.3 is 12.0 Å². The van der Waals surface area contributed by atoms with Gasteiger partial charge in [0.05, 0.1) is 12.2 Å². The Bertz CT molecular complexity index is 954. The van der Waals surface area contributed by atoms with Crippen molar-refractivity contribution in [3.8, 4) is 10.6 Å². The predicted molar refractivity (Wildman–Crippen MR) is 117 cm³/mol. The number of carbonyl (C=O) groups is 3. The lowest BCUT2D eigenvalue weighted by molar-refractivity contribution is -0.144. The molecule has 166 valence electrons. The van der Waals surface area contributed by atoms with Crippen molar-refractivity contribution >= 4 is 29.2 Å². The minimum Gasteiger partial charge on any atom is -0.480 e. The van der Waals surface area contributed by atoms with E-state index in [9.17, 15) is 19.5 Å². The number of aliphatic carboxylic acids is 1. The first-order valence-corrected chi connectivity index (χ1v) is 11.1. The zero-order valence-electron chi connectivity index (χ0n) is 18.2. The number of hydrogen-bond donors (Lipinski definition) is 1. The zero-order chi connectivity index (χ0) is 22.8. The Morgan fingerprint density at radius 3 is 2.68 bits per heavy atom. The van der Waals surface area contributed by atoms with Gasteiger partial charge in [-0.3, -0.25) is 14.7 Å². The molecule has 0 spiro atoms. The smallest absolute Gasteiger partial charge is 0.328 e. The molecule has 0 saturated carbocycles. The van der Waals surface area contributed by atoms with E-state index in [2.05, 4.69) is 30.7 Å². The first kappa shape index (κ1) is 22.9. The van der Waals surface area contributed by atoms with Crippen molar-refractivity contribution in [2.45, 2.75) is 53.1 Å². The fourth-order valence-corrected chi connectivity index (χ4v) is 4.40. The molecule has 2 aromatic heterocycles. The predicted octanol–water partition coefficient (Wildman–Crippen LogP) is 3.88. The summed E-state index contributed by atoms with van der Waals surface area (Å²) >= 11 is 1.41. The van der Waals surface area contributed by atoms with Crippen LogP contribution < -0.4 is 0 Å². The second-order valence-corrected chi connectivity index (χ2v) is 9.99. The SMILES string of the molecule is C[C@@H](CCC(C)(C)C)[C@@H](C(=O)O)N1CC(=O)N(Cc2csc(-c3cccnc3)n2)C1=O. The number of hydrogen-bond acceptors (Lipinski definition) is 6. The van der Waals surface area contributed by atoms with Crippen LogP contribution in [0.5, 0.6) is 0 Å². The summed E-state index contributed by atoms with van der Waals surface area (Å²) in [5.41, 5.74) is 1.50. The summed E-state index contributed by atoms with van der Waals surface area (Å²) in [4.78, 5) is 48.4. The number of thiazole rings is 1. The highest BCUT2D eigenvalue weighted by molar-refractivity contribution is 7.13. The van der Waals surface area contributed by atoms with Crippen LogP contribution in [0.1, 0.15) is 46.2 Å². The maximum Gasteiger partial charge on any atom is 0.328 e. The van der Waals surface area contributed by atoms with E-state index in [0.29, 0.717) is 12.1 Å². The van der Waals surface area contributed by atoms with E-state index in [-0.39, 0.29) is 24.4 Å². The first-order valence-electron chi connectivity index (χ1n) is 10.3. The fourth-order valence-electron chi connectivity index (χ4n) is 3.60. The molecule has 3 rings (SSSR count). The lowest BCUT2D eigenvalue weighted by Gasteiger charge is -2.30. The van der Waals surface area contributed by atoms with E-state index in [1.54, 1.807) is 17.8 Å². The second-order valence-electron chi connectivity index (χ2n) is 9.14. The van der Waals surface area contributed by atoms with Gasteiger partial charge in [-0.25, -0.2) is 14.6 Å². The van der Waals surface area contributed by atoms with Crippen LogP contribution in [0.2, 0.25) is 0 Å². The summed E-state index contributed by atoms with van der Waals surface area (Å²) in [5.74, 6) is -1.77. The lowest BCUT2D eigenvalue weighted by atomic mass is 9.84. The molecule has 0 bridgehead atoms. The maximum atomic E-state index is 13.0. The summed E-state index contributed by atoms with van der Waals surface area (Å²) in [5, 5.41) is 12.3. The molecular formula is C22H28N4O4S. The Labute approximate surface area is 185 Å². The highest BCUT2D eigenvalue weighted by atomic mass is 32.1. The van der Waals surface area contributed by atoms with E-state index >= 15 is 0 Å². The van der Waals surface area contributed by atoms with Gasteiger partial charge in [0.1, 0.15) is 17.6 Å². The number of imide groups is 1. The number of carboxylic acids is 1. The molecule has 0 radical (unpaired) electrons. The number of pyridine rings is 1. The molecule has 8 nitrogen and oxygen atoms in total. The van der Waals surface area contributed by atoms with Gasteiger partial charge in [0, 0.05) is 23.3 Å². The van der Waals surface area contributed by atoms with Crippen molar-refractivity contribution in [2.75, 3.05) is 6.54 Å². The molecule has 31 heavy (non-hydrogen) atoms. The van der Waals surface area contributed by atoms with Gasteiger partial charge in [-0.15, -0.1) is 11.3 Å². The molecule has 1 saturated heterocycles. The number of carboxylic acid groups (broad SMARTS) is 1. The largest absolute Gasteiger partial charge is 0.480 e. The van der Waals surface area contributed by atoms with Gasteiger partial charge < -0.3 is 10.0 Å². The molecule has 3 amide bonds. The molecule has 0 unspecified atom stereocenters. The molecule has 9 heteroatoms. The van der Waals surface area contributed by atoms with Crippen LogP contribution in [0.4, 0.5) is 4.79 Å². The van der Waals surface area contributed by atoms with E-state index in [4.69, 9.17) is 0 Å². The quantitative estimate of drug-likeness (QED) is 0.620. The average molecular weight is 445 g/mol. The molecule has 0 aromatic carbocycles. The normalized spacial score (nSPS) is 16.6. The molecule has 1 fully saturated rings. The highest BCUT2D eigenvalue weighted by Gasteiger charge is 2.44. The van der Waals surface area contributed by atoms with Crippen LogP contribution >= 0.6 is 11.3 Å². The Morgan fingerprint density at radius 2 is 2.06 bits per heavy atom. The van der Waals surface area contributed by atoms with Gasteiger partial charge in [-0.1, -0.05) is 27.7 Å². The third kappa shape index (κ3) is 5.46. The number of rotatable bonds is 8. The maximum absolute atomic E-state index is 13.0. The molecule has 1 aliphatic rings. The first-order chi connectivity index (χ1) is 14.6. The number of carbonyl (C=O) groups excluding carboxylic acids is 2. The third-order valence-electron chi connectivity index (χ3n) is 5.34. The molecular weight excluding hydrogens is 416 g/mol. The minimum absolute atomic E-state index is 0.0215. The van der Waals surface area contributed by atoms with Crippen molar-refractivity contribution in [3.05, 3.63) is 35.6 Å². The Balaban J connectivity index is 1.72. The molecule has 1 N–H and O–H groups in total. The van der Waals surface area contributed by atoms with Gasteiger partial charge in [0.15, 0.2) is 0 Å². The van der Waals surface area contributed by atoms with E-state index in [1.165, 1.54) is 16.2 Å². The number of aromatic nitrogens is 2. The Morgan fingerprint density at radius 1 is 1.32 bits per heavy atom. The Kier molecular flexibility index (Phi) is 6.74. The topological polar surface area (TPSA) is 104 Å². The number of amides is 3. The zero-order valence-corrected chi connectivity index (χ0v) is 19.1. The van der Waals surface area contributed by atoms with E-state index < -0.39 is 23.9 Å². The van der Waals surface area contributed by atoms with Crippen molar-refractivity contribution in [2.24, 2.45) is 11.3 Å².